The largest absolute Gasteiger partial charge is 0.283 e. The predicted molar refractivity (Wildman–Crippen MR) is 88.9 cm³/mol. The van der Waals surface area contributed by atoms with Gasteiger partial charge in [0.2, 0.25) is 5.91 Å². The average molecular weight is 368 g/mol. The van der Waals surface area contributed by atoms with E-state index in [2.05, 4.69) is 10.9 Å². The Kier molecular flexibility index (Phi) is 5.73. The maximum absolute atomic E-state index is 12.0. The minimum atomic E-state index is -0.817. The zero-order valence-corrected chi connectivity index (χ0v) is 13.6. The normalized spacial score (nSPS) is 10.1. The van der Waals surface area contributed by atoms with Crippen LogP contribution in [-0.2, 0) is 11.2 Å². The number of halogens is 2. The number of hydrazine groups is 1. The summed E-state index contributed by atoms with van der Waals surface area (Å²) >= 11 is 11.4. The summed E-state index contributed by atoms with van der Waals surface area (Å²) in [5, 5.41) is 11.6. The highest BCUT2D eigenvalue weighted by molar-refractivity contribution is 6.31. The smallest absolute Gasteiger partial charge is 0.273 e. The predicted octanol–water partition coefficient (Wildman–Crippen LogP) is 2.91. The lowest BCUT2D eigenvalue weighted by molar-refractivity contribution is -0.385. The molecule has 0 spiro atoms. The molecule has 24 heavy (non-hydrogen) atoms. The number of nitrogens with zero attached hydrogens (tertiary/aromatic N) is 1. The van der Waals surface area contributed by atoms with Crippen molar-refractivity contribution in [1.29, 1.82) is 0 Å². The van der Waals surface area contributed by atoms with Crippen LogP contribution in [0, 0.1) is 10.1 Å². The SMILES string of the molecule is O=C(Cc1ccc(Cl)cc1)NNC(=O)c1ccc(Cl)cc1[N+](=O)[O-]. The van der Waals surface area contributed by atoms with Gasteiger partial charge in [-0.25, -0.2) is 0 Å². The van der Waals surface area contributed by atoms with E-state index in [0.717, 1.165) is 6.07 Å². The quantitative estimate of drug-likeness (QED) is 0.640. The third-order valence-electron chi connectivity index (χ3n) is 2.99. The molecule has 2 aromatic carbocycles. The van der Waals surface area contributed by atoms with Gasteiger partial charge in [-0.15, -0.1) is 0 Å². The molecule has 7 nitrogen and oxygen atoms in total. The van der Waals surface area contributed by atoms with Crippen LogP contribution in [-0.4, -0.2) is 16.7 Å². The number of carbonyl (C=O) groups excluding carboxylic acids is 2. The first-order valence-corrected chi connectivity index (χ1v) is 7.40. The van der Waals surface area contributed by atoms with Crippen molar-refractivity contribution in [1.82, 2.24) is 10.9 Å². The van der Waals surface area contributed by atoms with Gasteiger partial charge in [-0.3, -0.25) is 30.6 Å². The molecule has 0 saturated carbocycles. The van der Waals surface area contributed by atoms with E-state index in [1.54, 1.807) is 24.3 Å². The first kappa shape index (κ1) is 17.7. The van der Waals surface area contributed by atoms with Crippen LogP contribution < -0.4 is 10.9 Å². The van der Waals surface area contributed by atoms with Crippen LogP contribution in [0.1, 0.15) is 15.9 Å². The first-order chi connectivity index (χ1) is 11.4. The number of nitrogens with one attached hydrogen (secondary N) is 2. The van der Waals surface area contributed by atoms with Crippen molar-refractivity contribution in [2.45, 2.75) is 6.42 Å². The number of hydrogen-bond acceptors (Lipinski definition) is 4. The van der Waals surface area contributed by atoms with Gasteiger partial charge in [0.25, 0.3) is 11.6 Å². The van der Waals surface area contributed by atoms with Crippen molar-refractivity contribution in [2.75, 3.05) is 0 Å². The van der Waals surface area contributed by atoms with Crippen LogP contribution in [0.2, 0.25) is 10.0 Å². The van der Waals surface area contributed by atoms with E-state index in [9.17, 15) is 19.7 Å². The molecular weight excluding hydrogens is 357 g/mol. The molecule has 0 fully saturated rings. The summed E-state index contributed by atoms with van der Waals surface area (Å²) in [5.41, 5.74) is 4.36. The maximum Gasteiger partial charge on any atom is 0.283 e. The molecule has 0 bridgehead atoms. The Hall–Kier alpha value is -2.64. The Labute approximate surface area is 146 Å². The lowest BCUT2D eigenvalue weighted by Crippen LogP contribution is -2.42. The van der Waals surface area contributed by atoms with E-state index in [1.165, 1.54) is 12.1 Å². The van der Waals surface area contributed by atoms with Crippen molar-refractivity contribution in [2.24, 2.45) is 0 Å². The summed E-state index contributed by atoms with van der Waals surface area (Å²) in [4.78, 5) is 34.0. The lowest BCUT2D eigenvalue weighted by atomic mass is 10.1. The zero-order valence-electron chi connectivity index (χ0n) is 12.1. The summed E-state index contributed by atoms with van der Waals surface area (Å²) in [6.45, 7) is 0. The highest BCUT2D eigenvalue weighted by Gasteiger charge is 2.20. The van der Waals surface area contributed by atoms with Gasteiger partial charge in [-0.2, -0.15) is 0 Å². The molecule has 124 valence electrons. The highest BCUT2D eigenvalue weighted by atomic mass is 35.5. The first-order valence-electron chi connectivity index (χ1n) is 6.64. The molecule has 0 saturated heterocycles. The molecule has 2 amide bonds. The number of benzene rings is 2. The van der Waals surface area contributed by atoms with Gasteiger partial charge in [0.1, 0.15) is 5.56 Å². The Balaban J connectivity index is 1.99. The summed E-state index contributed by atoms with van der Waals surface area (Å²) in [7, 11) is 0. The summed E-state index contributed by atoms with van der Waals surface area (Å²) in [6.07, 6.45) is 0.0140. The molecule has 9 heteroatoms. The molecule has 2 aromatic rings. The molecule has 0 aliphatic rings. The van der Waals surface area contributed by atoms with Crippen LogP contribution in [0.3, 0.4) is 0 Å². The summed E-state index contributed by atoms with van der Waals surface area (Å²) in [5.74, 6) is -1.30. The molecule has 0 atom stereocenters. The van der Waals surface area contributed by atoms with Gasteiger partial charge in [0.15, 0.2) is 0 Å². The maximum atomic E-state index is 12.0. The van der Waals surface area contributed by atoms with E-state index in [4.69, 9.17) is 23.2 Å². The van der Waals surface area contributed by atoms with E-state index in [-0.39, 0.29) is 17.0 Å². The van der Waals surface area contributed by atoms with Crippen LogP contribution in [0.15, 0.2) is 42.5 Å². The minimum absolute atomic E-state index is 0.0140. The summed E-state index contributed by atoms with van der Waals surface area (Å²) < 4.78 is 0. The van der Waals surface area contributed by atoms with Crippen molar-refractivity contribution >= 4 is 40.7 Å². The molecule has 0 unspecified atom stereocenters. The Morgan fingerprint density at radius 3 is 2.25 bits per heavy atom. The van der Waals surface area contributed by atoms with Crippen LogP contribution >= 0.6 is 23.2 Å². The fourth-order valence-corrected chi connectivity index (χ4v) is 2.17. The molecule has 2 rings (SSSR count). The number of hydrogen-bond donors (Lipinski definition) is 2. The summed E-state index contributed by atoms with van der Waals surface area (Å²) in [6, 6.07) is 10.2. The standard InChI is InChI=1S/C15H11Cl2N3O4/c16-10-3-1-9(2-4-10)7-14(21)18-19-15(22)12-6-5-11(17)8-13(12)20(23)24/h1-6,8H,7H2,(H,18,21)(H,19,22). The van der Waals surface area contributed by atoms with Gasteiger partial charge < -0.3 is 0 Å². The second-order valence-corrected chi connectivity index (χ2v) is 5.60. The van der Waals surface area contributed by atoms with Crippen molar-refractivity contribution in [3.05, 3.63) is 73.8 Å². The monoisotopic (exact) mass is 367 g/mol. The van der Waals surface area contributed by atoms with E-state index in [0.29, 0.717) is 10.6 Å². The molecule has 0 heterocycles. The Bertz CT molecular complexity index is 794. The van der Waals surface area contributed by atoms with Crippen molar-refractivity contribution in [3.63, 3.8) is 0 Å². The number of nitro benzene ring substituents is 1. The van der Waals surface area contributed by atoms with E-state index >= 15 is 0 Å². The molecule has 0 aliphatic carbocycles. The van der Waals surface area contributed by atoms with Crippen molar-refractivity contribution < 1.29 is 14.5 Å². The van der Waals surface area contributed by atoms with E-state index in [1.807, 2.05) is 0 Å². The molecule has 2 N–H and O–H groups in total. The van der Waals surface area contributed by atoms with Gasteiger partial charge in [-0.05, 0) is 29.8 Å². The van der Waals surface area contributed by atoms with Gasteiger partial charge >= 0.3 is 0 Å². The fraction of sp³-hybridized carbons (Fsp3) is 0.0667. The topological polar surface area (TPSA) is 101 Å². The average Bonchev–Trinajstić information content (AvgIpc) is 2.54. The van der Waals surface area contributed by atoms with Gasteiger partial charge in [0, 0.05) is 16.1 Å². The second kappa shape index (κ2) is 7.76. The molecule has 0 aromatic heterocycles. The third kappa shape index (κ3) is 4.68. The number of amides is 2. The Morgan fingerprint density at radius 2 is 1.62 bits per heavy atom. The third-order valence-corrected chi connectivity index (χ3v) is 3.48. The molecule has 0 aliphatic heterocycles. The van der Waals surface area contributed by atoms with Crippen LogP contribution in [0.5, 0.6) is 0 Å². The Morgan fingerprint density at radius 1 is 1.00 bits per heavy atom. The van der Waals surface area contributed by atoms with Crippen LogP contribution in [0.25, 0.3) is 0 Å². The van der Waals surface area contributed by atoms with Gasteiger partial charge in [-0.1, -0.05) is 35.3 Å². The van der Waals surface area contributed by atoms with Gasteiger partial charge in [0.05, 0.1) is 11.3 Å². The fourth-order valence-electron chi connectivity index (χ4n) is 1.87. The number of rotatable bonds is 4. The molecule has 0 radical (unpaired) electrons. The number of nitro groups is 1. The number of carbonyl (C=O) groups is 2. The zero-order chi connectivity index (χ0) is 17.7. The highest BCUT2D eigenvalue weighted by Crippen LogP contribution is 2.22. The van der Waals surface area contributed by atoms with Crippen molar-refractivity contribution in [3.8, 4) is 0 Å². The van der Waals surface area contributed by atoms with E-state index < -0.39 is 22.4 Å². The molecular formula is C15H11Cl2N3O4. The minimum Gasteiger partial charge on any atom is -0.273 e. The lowest BCUT2D eigenvalue weighted by Gasteiger charge is -2.08. The van der Waals surface area contributed by atoms with Crippen LogP contribution in [0.4, 0.5) is 5.69 Å². The second-order valence-electron chi connectivity index (χ2n) is 4.72.